The van der Waals surface area contributed by atoms with E-state index in [0.29, 0.717) is 13.0 Å². The fraction of sp³-hybridized carbons (Fsp3) is 0.552. The molecule has 0 unspecified atom stereocenters. The summed E-state index contributed by atoms with van der Waals surface area (Å²) in [4.78, 5) is 25.1. The highest BCUT2D eigenvalue weighted by Crippen LogP contribution is 2.50. The maximum absolute atomic E-state index is 12.8. The fourth-order valence-electron chi connectivity index (χ4n) is 5.56. The highest BCUT2D eigenvalue weighted by atomic mass is 32.2. The largest absolute Gasteiger partial charge is 0.497 e. The third kappa shape index (κ3) is 5.62. The molecule has 194 valence electrons. The number of rotatable bonds is 11. The van der Waals surface area contributed by atoms with E-state index in [-0.39, 0.29) is 11.3 Å². The molecule has 1 aromatic carbocycles. The quantitative estimate of drug-likeness (QED) is 0.170. The number of ether oxygens (including phenoxy) is 2. The van der Waals surface area contributed by atoms with Gasteiger partial charge >= 0.3 is 0 Å². The number of hydrogen-bond donors (Lipinski definition) is 0. The minimum atomic E-state index is -0.0809. The molecule has 6 nitrogen and oxygen atoms in total. The van der Waals surface area contributed by atoms with Crippen molar-refractivity contribution in [3.63, 3.8) is 0 Å². The Morgan fingerprint density at radius 3 is 2.75 bits per heavy atom. The van der Waals surface area contributed by atoms with Crippen molar-refractivity contribution in [2.24, 2.45) is 0 Å². The standard InChI is InChI=1S/C29H39N3O3S/c1-5-7-9-24-26-27(31-28(30-24)36-18-17-34-3)23-12-11-22(35-4)19-21(23)20-29(26)13-15-32(16-14-29)25(33)10-8-6-2/h5,11-12,19H,1,6-10,13-18,20H2,2-4H3. The molecule has 1 aliphatic heterocycles. The number of unbranched alkanes of at least 4 members (excludes halogenated alkanes) is 1. The number of piperidine rings is 1. The van der Waals surface area contributed by atoms with E-state index in [1.807, 2.05) is 12.1 Å². The molecule has 0 radical (unpaired) electrons. The van der Waals surface area contributed by atoms with E-state index in [9.17, 15) is 4.79 Å². The number of aromatic nitrogens is 2. The number of nitrogens with zero attached hydrogens (tertiary/aromatic N) is 3. The topological polar surface area (TPSA) is 64.6 Å². The van der Waals surface area contributed by atoms with Gasteiger partial charge in [-0.1, -0.05) is 31.2 Å². The number of amides is 1. The molecule has 36 heavy (non-hydrogen) atoms. The summed E-state index contributed by atoms with van der Waals surface area (Å²) in [7, 11) is 3.44. The molecule has 1 spiro atoms. The molecular formula is C29H39N3O3S. The second-order valence-electron chi connectivity index (χ2n) is 9.81. The number of carbonyl (C=O) groups is 1. The molecular weight excluding hydrogens is 470 g/mol. The van der Waals surface area contributed by atoms with Crippen LogP contribution in [0.1, 0.15) is 62.3 Å². The van der Waals surface area contributed by atoms with Crippen molar-refractivity contribution < 1.29 is 14.3 Å². The summed E-state index contributed by atoms with van der Waals surface area (Å²) in [5.41, 5.74) is 5.84. The van der Waals surface area contributed by atoms with Gasteiger partial charge in [0.15, 0.2) is 5.16 Å². The molecule has 7 heteroatoms. The van der Waals surface area contributed by atoms with Gasteiger partial charge in [-0.2, -0.15) is 0 Å². The summed E-state index contributed by atoms with van der Waals surface area (Å²) in [6.07, 6.45) is 9.11. The number of allylic oxidation sites excluding steroid dienone is 1. The summed E-state index contributed by atoms with van der Waals surface area (Å²) in [5, 5.41) is 0.802. The zero-order chi connectivity index (χ0) is 25.5. The Morgan fingerprint density at radius 1 is 1.25 bits per heavy atom. The van der Waals surface area contributed by atoms with Crippen molar-refractivity contribution in [1.82, 2.24) is 14.9 Å². The summed E-state index contributed by atoms with van der Waals surface area (Å²) in [6.45, 7) is 8.32. The first kappa shape index (κ1) is 26.7. The van der Waals surface area contributed by atoms with Crippen molar-refractivity contribution in [3.8, 4) is 17.0 Å². The van der Waals surface area contributed by atoms with Crippen molar-refractivity contribution >= 4 is 17.7 Å². The molecule has 2 aromatic rings. The van der Waals surface area contributed by atoms with Gasteiger partial charge in [-0.25, -0.2) is 9.97 Å². The van der Waals surface area contributed by atoms with Crippen LogP contribution in [0.4, 0.5) is 0 Å². The number of likely N-dealkylation sites (tertiary alicyclic amines) is 1. The van der Waals surface area contributed by atoms with Crippen LogP contribution in [0.2, 0.25) is 0 Å². The molecule has 0 N–H and O–H groups in total. The van der Waals surface area contributed by atoms with Gasteiger partial charge in [-0.15, -0.1) is 6.58 Å². The highest BCUT2D eigenvalue weighted by Gasteiger charge is 2.44. The van der Waals surface area contributed by atoms with Gasteiger partial charge < -0.3 is 14.4 Å². The summed E-state index contributed by atoms with van der Waals surface area (Å²) >= 11 is 1.64. The van der Waals surface area contributed by atoms with Crippen LogP contribution in [0.5, 0.6) is 5.75 Å². The van der Waals surface area contributed by atoms with Crippen LogP contribution in [0.15, 0.2) is 36.0 Å². The highest BCUT2D eigenvalue weighted by molar-refractivity contribution is 7.99. The van der Waals surface area contributed by atoms with Gasteiger partial charge in [0, 0.05) is 54.6 Å². The maximum atomic E-state index is 12.8. The van der Waals surface area contributed by atoms with E-state index in [2.05, 4.69) is 30.5 Å². The zero-order valence-electron chi connectivity index (χ0n) is 22.0. The van der Waals surface area contributed by atoms with Crippen molar-refractivity contribution in [2.75, 3.05) is 39.7 Å². The van der Waals surface area contributed by atoms with E-state index in [1.54, 1.807) is 26.0 Å². The van der Waals surface area contributed by atoms with E-state index in [4.69, 9.17) is 19.4 Å². The number of thioether (sulfide) groups is 1. The summed E-state index contributed by atoms with van der Waals surface area (Å²) in [6, 6.07) is 6.35. The Hall–Kier alpha value is -2.38. The van der Waals surface area contributed by atoms with Gasteiger partial charge in [-0.3, -0.25) is 4.79 Å². The van der Waals surface area contributed by atoms with Gasteiger partial charge in [0.25, 0.3) is 0 Å². The SMILES string of the molecule is C=CCCc1nc(SCCOC)nc2c1C1(CCN(C(=O)CCCC)CC1)Cc1cc(OC)ccc1-2. The summed E-state index contributed by atoms with van der Waals surface area (Å²) < 4.78 is 10.8. The van der Waals surface area contributed by atoms with Gasteiger partial charge in [0.05, 0.1) is 19.4 Å². The Balaban J connectivity index is 1.77. The van der Waals surface area contributed by atoms with Gasteiger partial charge in [0.1, 0.15) is 5.75 Å². The number of aryl methyl sites for hydroxylation is 1. The van der Waals surface area contributed by atoms with Crippen molar-refractivity contribution in [3.05, 3.63) is 47.7 Å². The van der Waals surface area contributed by atoms with Crippen LogP contribution in [0, 0.1) is 0 Å². The first-order valence-electron chi connectivity index (χ1n) is 13.1. The van der Waals surface area contributed by atoms with E-state index in [1.165, 1.54) is 16.7 Å². The monoisotopic (exact) mass is 509 g/mol. The minimum Gasteiger partial charge on any atom is -0.497 e. The van der Waals surface area contributed by atoms with E-state index < -0.39 is 0 Å². The number of methoxy groups -OCH3 is 2. The molecule has 4 rings (SSSR count). The first-order valence-corrected chi connectivity index (χ1v) is 14.1. The average Bonchev–Trinajstić information content (AvgIpc) is 2.90. The molecule has 2 aliphatic rings. The van der Waals surface area contributed by atoms with Crippen molar-refractivity contribution in [2.45, 2.75) is 68.9 Å². The number of carbonyl (C=O) groups excluding carboxylic acids is 1. The average molecular weight is 510 g/mol. The Labute approximate surface area is 219 Å². The lowest BCUT2D eigenvalue weighted by atomic mass is 9.63. The normalized spacial score (nSPS) is 15.9. The third-order valence-electron chi connectivity index (χ3n) is 7.51. The molecule has 0 atom stereocenters. The molecule has 1 aliphatic carbocycles. The molecule has 0 bridgehead atoms. The van der Waals surface area contributed by atoms with Crippen LogP contribution in [0.3, 0.4) is 0 Å². The number of fused-ring (bicyclic) bond motifs is 4. The molecule has 2 heterocycles. The maximum Gasteiger partial charge on any atom is 0.222 e. The van der Waals surface area contributed by atoms with Gasteiger partial charge in [-0.05, 0) is 62.3 Å². The Bertz CT molecular complexity index is 1080. The molecule has 1 fully saturated rings. The minimum absolute atomic E-state index is 0.0809. The van der Waals surface area contributed by atoms with E-state index in [0.717, 1.165) is 86.1 Å². The van der Waals surface area contributed by atoms with Crippen molar-refractivity contribution in [1.29, 1.82) is 0 Å². The molecule has 0 saturated carbocycles. The zero-order valence-corrected chi connectivity index (χ0v) is 22.8. The lowest BCUT2D eigenvalue weighted by Crippen LogP contribution is -2.48. The second-order valence-corrected chi connectivity index (χ2v) is 10.9. The predicted molar refractivity (Wildman–Crippen MR) is 146 cm³/mol. The van der Waals surface area contributed by atoms with Crippen LogP contribution in [-0.2, 0) is 27.8 Å². The second kappa shape index (κ2) is 12.2. The smallest absolute Gasteiger partial charge is 0.222 e. The first-order chi connectivity index (χ1) is 17.5. The molecule has 1 saturated heterocycles. The number of benzene rings is 1. The van der Waals surface area contributed by atoms with Gasteiger partial charge in [0.2, 0.25) is 5.91 Å². The van der Waals surface area contributed by atoms with Crippen LogP contribution in [0.25, 0.3) is 11.3 Å². The fourth-order valence-corrected chi connectivity index (χ4v) is 6.32. The molecule has 1 amide bonds. The van der Waals surface area contributed by atoms with Crippen LogP contribution >= 0.6 is 11.8 Å². The Kier molecular flexibility index (Phi) is 9.07. The molecule has 1 aromatic heterocycles. The van der Waals surface area contributed by atoms with E-state index >= 15 is 0 Å². The summed E-state index contributed by atoms with van der Waals surface area (Å²) in [5.74, 6) is 1.97. The van der Waals surface area contributed by atoms with Crippen LogP contribution < -0.4 is 4.74 Å². The Morgan fingerprint density at radius 2 is 2.06 bits per heavy atom. The number of hydrogen-bond acceptors (Lipinski definition) is 6. The third-order valence-corrected chi connectivity index (χ3v) is 8.32. The van der Waals surface area contributed by atoms with Crippen LogP contribution in [-0.4, -0.2) is 60.4 Å². The predicted octanol–water partition coefficient (Wildman–Crippen LogP) is 5.62. The lowest BCUT2D eigenvalue weighted by molar-refractivity contribution is -0.133. The lowest BCUT2D eigenvalue weighted by Gasteiger charge is -2.46.